The van der Waals surface area contributed by atoms with Crippen LogP contribution in [0.5, 0.6) is 0 Å². The van der Waals surface area contributed by atoms with Crippen LogP contribution in [0.25, 0.3) is 0 Å². The second-order valence-corrected chi connectivity index (χ2v) is 3.98. The van der Waals surface area contributed by atoms with Gasteiger partial charge in [0.25, 0.3) is 0 Å². The standard InChI is InChI=1S/C11H12O2S/c1-8-3-4-10(7-9(8)2)14-6-5-11(12)13/h3-7H,1-2H3,(H,12,13)/b6-5-. The first-order valence-electron chi connectivity index (χ1n) is 4.23. The molecular weight excluding hydrogens is 196 g/mol. The molecule has 74 valence electrons. The van der Waals surface area contributed by atoms with Gasteiger partial charge in [-0.2, -0.15) is 0 Å². The summed E-state index contributed by atoms with van der Waals surface area (Å²) in [6.07, 6.45) is 1.14. The average Bonchev–Trinajstić information content (AvgIpc) is 2.10. The molecule has 0 radical (unpaired) electrons. The van der Waals surface area contributed by atoms with Gasteiger partial charge in [0, 0.05) is 11.0 Å². The molecule has 0 heterocycles. The molecule has 14 heavy (non-hydrogen) atoms. The smallest absolute Gasteiger partial charge is 0.328 e. The Morgan fingerprint density at radius 1 is 1.36 bits per heavy atom. The maximum absolute atomic E-state index is 10.2. The van der Waals surface area contributed by atoms with Crippen molar-refractivity contribution in [3.05, 3.63) is 40.8 Å². The summed E-state index contributed by atoms with van der Waals surface area (Å²) in [5.41, 5.74) is 2.47. The first-order valence-corrected chi connectivity index (χ1v) is 5.11. The van der Waals surface area contributed by atoms with Crippen LogP contribution in [0.4, 0.5) is 0 Å². The molecule has 1 aromatic rings. The van der Waals surface area contributed by atoms with Crippen molar-refractivity contribution < 1.29 is 9.90 Å². The molecule has 0 atom stereocenters. The van der Waals surface area contributed by atoms with E-state index >= 15 is 0 Å². The Labute approximate surface area is 87.6 Å². The Hall–Kier alpha value is -1.22. The fourth-order valence-electron chi connectivity index (χ4n) is 0.958. The second kappa shape index (κ2) is 4.86. The topological polar surface area (TPSA) is 37.3 Å². The lowest BCUT2D eigenvalue weighted by Gasteiger charge is -2.01. The highest BCUT2D eigenvalue weighted by Crippen LogP contribution is 2.21. The SMILES string of the molecule is Cc1ccc(S/C=C\C(=O)O)cc1C. The van der Waals surface area contributed by atoms with Gasteiger partial charge in [-0.3, -0.25) is 0 Å². The second-order valence-electron chi connectivity index (χ2n) is 3.00. The highest BCUT2D eigenvalue weighted by atomic mass is 32.2. The van der Waals surface area contributed by atoms with Crippen LogP contribution in [0.3, 0.4) is 0 Å². The number of thioether (sulfide) groups is 1. The van der Waals surface area contributed by atoms with E-state index in [-0.39, 0.29) is 0 Å². The number of carboxylic acid groups (broad SMARTS) is 1. The minimum atomic E-state index is -0.915. The maximum atomic E-state index is 10.2. The number of carbonyl (C=O) groups is 1. The number of aliphatic carboxylic acids is 1. The minimum absolute atomic E-state index is 0.915. The van der Waals surface area contributed by atoms with E-state index in [4.69, 9.17) is 5.11 Å². The summed E-state index contributed by atoms with van der Waals surface area (Å²) >= 11 is 1.41. The number of aryl methyl sites for hydroxylation is 2. The van der Waals surface area contributed by atoms with Gasteiger partial charge in [0.05, 0.1) is 0 Å². The first-order chi connectivity index (χ1) is 6.59. The van der Waals surface area contributed by atoms with Gasteiger partial charge in [-0.05, 0) is 42.5 Å². The van der Waals surface area contributed by atoms with Gasteiger partial charge < -0.3 is 5.11 Å². The van der Waals surface area contributed by atoms with Gasteiger partial charge in [0.15, 0.2) is 0 Å². The molecule has 0 aliphatic rings. The number of hydrogen-bond donors (Lipinski definition) is 1. The van der Waals surface area contributed by atoms with Crippen LogP contribution in [0.15, 0.2) is 34.6 Å². The lowest BCUT2D eigenvalue weighted by molar-refractivity contribution is -0.131. The fourth-order valence-corrected chi connectivity index (χ4v) is 1.69. The van der Waals surface area contributed by atoms with E-state index in [1.165, 1.54) is 22.9 Å². The molecule has 2 nitrogen and oxygen atoms in total. The summed E-state index contributed by atoms with van der Waals surface area (Å²) in [7, 11) is 0. The zero-order valence-electron chi connectivity index (χ0n) is 8.15. The summed E-state index contributed by atoms with van der Waals surface area (Å²) in [6.45, 7) is 4.09. The van der Waals surface area contributed by atoms with E-state index in [0.29, 0.717) is 0 Å². The number of hydrogen-bond acceptors (Lipinski definition) is 2. The van der Waals surface area contributed by atoms with Crippen molar-refractivity contribution in [2.24, 2.45) is 0 Å². The average molecular weight is 208 g/mol. The summed E-state index contributed by atoms with van der Waals surface area (Å²) in [4.78, 5) is 11.3. The predicted molar refractivity (Wildman–Crippen MR) is 58.5 cm³/mol. The number of rotatable bonds is 3. The largest absolute Gasteiger partial charge is 0.478 e. The van der Waals surface area contributed by atoms with Crippen molar-refractivity contribution in [3.8, 4) is 0 Å². The number of carboxylic acids is 1. The molecule has 0 amide bonds. The summed E-state index contributed by atoms with van der Waals surface area (Å²) in [5, 5.41) is 9.97. The van der Waals surface area contributed by atoms with E-state index in [9.17, 15) is 4.79 Å². The van der Waals surface area contributed by atoms with Crippen molar-refractivity contribution in [3.63, 3.8) is 0 Å². The monoisotopic (exact) mass is 208 g/mol. The van der Waals surface area contributed by atoms with E-state index < -0.39 is 5.97 Å². The minimum Gasteiger partial charge on any atom is -0.478 e. The molecular formula is C11H12O2S. The van der Waals surface area contributed by atoms with Gasteiger partial charge in [0.1, 0.15) is 0 Å². The highest BCUT2D eigenvalue weighted by molar-refractivity contribution is 8.02. The van der Waals surface area contributed by atoms with Gasteiger partial charge >= 0.3 is 5.97 Å². The Morgan fingerprint density at radius 3 is 2.64 bits per heavy atom. The van der Waals surface area contributed by atoms with Gasteiger partial charge in [0.2, 0.25) is 0 Å². The fraction of sp³-hybridized carbons (Fsp3) is 0.182. The molecule has 0 saturated carbocycles. The quantitative estimate of drug-likeness (QED) is 0.613. The summed E-state index contributed by atoms with van der Waals surface area (Å²) in [5.74, 6) is -0.915. The summed E-state index contributed by atoms with van der Waals surface area (Å²) in [6, 6.07) is 6.07. The van der Waals surface area contributed by atoms with Gasteiger partial charge in [-0.25, -0.2) is 4.79 Å². The molecule has 1 rings (SSSR count). The lowest BCUT2D eigenvalue weighted by atomic mass is 10.1. The van der Waals surface area contributed by atoms with E-state index in [1.807, 2.05) is 25.1 Å². The maximum Gasteiger partial charge on any atom is 0.328 e. The molecule has 0 spiro atoms. The zero-order chi connectivity index (χ0) is 10.6. The third kappa shape index (κ3) is 3.26. The lowest BCUT2D eigenvalue weighted by Crippen LogP contribution is -1.84. The molecule has 0 fully saturated rings. The van der Waals surface area contributed by atoms with Crippen molar-refractivity contribution in [2.45, 2.75) is 18.7 Å². The van der Waals surface area contributed by atoms with Crippen molar-refractivity contribution >= 4 is 17.7 Å². The molecule has 0 aliphatic heterocycles. The Balaban J connectivity index is 2.69. The van der Waals surface area contributed by atoms with Crippen LogP contribution in [0.1, 0.15) is 11.1 Å². The number of benzene rings is 1. The Morgan fingerprint density at radius 2 is 2.07 bits per heavy atom. The predicted octanol–water partition coefficient (Wildman–Crippen LogP) is 2.99. The molecule has 1 aromatic carbocycles. The Bertz CT molecular complexity index is 370. The van der Waals surface area contributed by atoms with E-state index in [0.717, 1.165) is 11.0 Å². The van der Waals surface area contributed by atoms with Crippen LogP contribution < -0.4 is 0 Å². The third-order valence-corrected chi connectivity index (χ3v) is 2.69. The molecule has 0 saturated heterocycles. The third-order valence-electron chi connectivity index (χ3n) is 1.89. The van der Waals surface area contributed by atoms with Gasteiger partial charge in [-0.1, -0.05) is 17.8 Å². The Kier molecular flexibility index (Phi) is 3.77. The van der Waals surface area contributed by atoms with Gasteiger partial charge in [-0.15, -0.1) is 0 Å². The molecule has 1 N–H and O–H groups in total. The van der Waals surface area contributed by atoms with Crippen LogP contribution in [0.2, 0.25) is 0 Å². The van der Waals surface area contributed by atoms with Crippen molar-refractivity contribution in [1.29, 1.82) is 0 Å². The van der Waals surface area contributed by atoms with E-state index in [2.05, 4.69) is 6.92 Å². The zero-order valence-corrected chi connectivity index (χ0v) is 8.97. The van der Waals surface area contributed by atoms with E-state index in [1.54, 1.807) is 5.41 Å². The van der Waals surface area contributed by atoms with Crippen molar-refractivity contribution in [1.82, 2.24) is 0 Å². The van der Waals surface area contributed by atoms with Crippen LogP contribution in [0, 0.1) is 13.8 Å². The molecule has 0 aliphatic carbocycles. The summed E-state index contributed by atoms with van der Waals surface area (Å²) < 4.78 is 0. The molecule has 0 aromatic heterocycles. The molecule has 3 heteroatoms. The van der Waals surface area contributed by atoms with Crippen molar-refractivity contribution in [2.75, 3.05) is 0 Å². The molecule has 0 bridgehead atoms. The van der Waals surface area contributed by atoms with Crippen LogP contribution in [-0.2, 0) is 4.79 Å². The normalized spacial score (nSPS) is 10.7. The first kappa shape index (κ1) is 10.9. The van der Waals surface area contributed by atoms with Crippen LogP contribution in [-0.4, -0.2) is 11.1 Å². The molecule has 0 unspecified atom stereocenters. The van der Waals surface area contributed by atoms with Crippen LogP contribution >= 0.6 is 11.8 Å². The highest BCUT2D eigenvalue weighted by Gasteiger charge is 1.95.